The van der Waals surface area contributed by atoms with Crippen molar-refractivity contribution in [3.05, 3.63) is 12.4 Å². The van der Waals surface area contributed by atoms with Gasteiger partial charge in [0.15, 0.2) is 5.75 Å². The summed E-state index contributed by atoms with van der Waals surface area (Å²) >= 11 is 0. The molecule has 1 aromatic rings. The molecule has 2 heterocycles. The Kier molecular flexibility index (Phi) is 2.27. The maximum absolute atomic E-state index is 9.00. The van der Waals surface area contributed by atoms with Gasteiger partial charge in [-0.05, 0) is 0 Å². The third kappa shape index (κ3) is 1.86. The molecule has 0 spiro atoms. The molecule has 5 nitrogen and oxygen atoms in total. The minimum Gasteiger partial charge on any atom is -0.505 e. The van der Waals surface area contributed by atoms with Crippen molar-refractivity contribution < 1.29 is 5.11 Å². The van der Waals surface area contributed by atoms with Crippen molar-refractivity contribution in [2.45, 2.75) is 0 Å². The summed E-state index contributed by atoms with van der Waals surface area (Å²) in [6, 6.07) is 0. The first-order chi connectivity index (χ1) is 6.36. The van der Waals surface area contributed by atoms with Crippen LogP contribution in [0.5, 0.6) is 5.75 Å². The molecule has 0 saturated carbocycles. The summed E-state index contributed by atoms with van der Waals surface area (Å²) < 4.78 is 0. The van der Waals surface area contributed by atoms with E-state index in [1.165, 1.54) is 12.4 Å². The van der Waals surface area contributed by atoms with Gasteiger partial charge in [0.2, 0.25) is 5.95 Å². The second kappa shape index (κ2) is 3.57. The van der Waals surface area contributed by atoms with Gasteiger partial charge in [0.1, 0.15) is 0 Å². The van der Waals surface area contributed by atoms with Crippen molar-refractivity contribution in [3.8, 4) is 5.75 Å². The van der Waals surface area contributed by atoms with Crippen LogP contribution in [0.2, 0.25) is 0 Å². The average Bonchev–Trinajstić information content (AvgIpc) is 2.20. The molecule has 0 radical (unpaired) electrons. The van der Waals surface area contributed by atoms with Gasteiger partial charge in [0.25, 0.3) is 0 Å². The van der Waals surface area contributed by atoms with Crippen LogP contribution >= 0.6 is 0 Å². The Morgan fingerprint density at radius 1 is 1.23 bits per heavy atom. The molecule has 1 aliphatic heterocycles. The molecule has 0 aliphatic carbocycles. The van der Waals surface area contributed by atoms with Crippen molar-refractivity contribution in [1.29, 1.82) is 0 Å². The second-order valence-electron chi connectivity index (χ2n) is 2.98. The van der Waals surface area contributed by atoms with Crippen LogP contribution in [0.3, 0.4) is 0 Å². The van der Waals surface area contributed by atoms with E-state index in [1.807, 2.05) is 0 Å². The van der Waals surface area contributed by atoms with E-state index in [2.05, 4.69) is 20.2 Å². The van der Waals surface area contributed by atoms with Gasteiger partial charge >= 0.3 is 0 Å². The molecule has 0 bridgehead atoms. The lowest BCUT2D eigenvalue weighted by molar-refractivity contribution is 0.468. The van der Waals surface area contributed by atoms with Crippen molar-refractivity contribution in [1.82, 2.24) is 15.3 Å². The number of anilines is 1. The number of aromatic nitrogens is 2. The number of piperazine rings is 1. The van der Waals surface area contributed by atoms with Crippen molar-refractivity contribution in [2.24, 2.45) is 0 Å². The highest BCUT2D eigenvalue weighted by atomic mass is 16.3. The van der Waals surface area contributed by atoms with Gasteiger partial charge in [0.05, 0.1) is 12.4 Å². The molecule has 2 N–H and O–H groups in total. The molecule has 0 atom stereocenters. The van der Waals surface area contributed by atoms with Gasteiger partial charge in [-0.3, -0.25) is 0 Å². The predicted octanol–water partition coefficient (Wildman–Crippen LogP) is -0.408. The predicted molar refractivity (Wildman–Crippen MR) is 48.8 cm³/mol. The number of nitrogens with one attached hydrogen (secondary N) is 1. The Bertz CT molecular complexity index is 268. The normalized spacial score (nSPS) is 17.4. The summed E-state index contributed by atoms with van der Waals surface area (Å²) in [6.45, 7) is 3.77. The van der Waals surface area contributed by atoms with Gasteiger partial charge in [-0.25, -0.2) is 9.97 Å². The Hall–Kier alpha value is -1.36. The molecule has 1 fully saturated rings. The first-order valence-corrected chi connectivity index (χ1v) is 4.33. The van der Waals surface area contributed by atoms with Crippen molar-refractivity contribution >= 4 is 5.95 Å². The van der Waals surface area contributed by atoms with E-state index in [-0.39, 0.29) is 5.75 Å². The first kappa shape index (κ1) is 8.25. The van der Waals surface area contributed by atoms with Crippen LogP contribution < -0.4 is 10.2 Å². The molecule has 1 saturated heterocycles. The van der Waals surface area contributed by atoms with Crippen molar-refractivity contribution in [3.63, 3.8) is 0 Å². The van der Waals surface area contributed by atoms with Gasteiger partial charge in [-0.15, -0.1) is 0 Å². The fourth-order valence-corrected chi connectivity index (χ4v) is 1.34. The van der Waals surface area contributed by atoms with Crippen LogP contribution in [-0.2, 0) is 0 Å². The highest BCUT2D eigenvalue weighted by molar-refractivity contribution is 5.31. The minimum atomic E-state index is 0.110. The summed E-state index contributed by atoms with van der Waals surface area (Å²) in [4.78, 5) is 10.2. The summed E-state index contributed by atoms with van der Waals surface area (Å²) in [7, 11) is 0. The van der Waals surface area contributed by atoms with E-state index in [9.17, 15) is 0 Å². The number of hydrogen-bond acceptors (Lipinski definition) is 5. The van der Waals surface area contributed by atoms with E-state index in [0.717, 1.165) is 26.2 Å². The molecule has 1 aliphatic rings. The van der Waals surface area contributed by atoms with E-state index in [0.29, 0.717) is 5.95 Å². The molecule has 2 rings (SSSR count). The van der Waals surface area contributed by atoms with E-state index < -0.39 is 0 Å². The van der Waals surface area contributed by atoms with Crippen LogP contribution in [0.4, 0.5) is 5.95 Å². The number of nitrogens with zero attached hydrogens (tertiary/aromatic N) is 3. The Morgan fingerprint density at radius 2 is 1.85 bits per heavy atom. The standard InChI is InChI=1S/C8H12N4O/c13-7-5-10-8(11-6-7)12-3-1-9-2-4-12/h5-6,9,13H,1-4H2. The van der Waals surface area contributed by atoms with Crippen LogP contribution in [0.25, 0.3) is 0 Å². The number of aromatic hydroxyl groups is 1. The quantitative estimate of drug-likeness (QED) is 0.615. The lowest BCUT2D eigenvalue weighted by atomic mass is 10.4. The molecular weight excluding hydrogens is 168 g/mol. The van der Waals surface area contributed by atoms with Gasteiger partial charge in [-0.2, -0.15) is 0 Å². The number of rotatable bonds is 1. The average molecular weight is 180 g/mol. The largest absolute Gasteiger partial charge is 0.505 e. The molecule has 0 aromatic carbocycles. The lowest BCUT2D eigenvalue weighted by Gasteiger charge is -2.26. The summed E-state index contributed by atoms with van der Waals surface area (Å²) in [5, 5.41) is 12.2. The number of hydrogen-bond donors (Lipinski definition) is 2. The second-order valence-corrected chi connectivity index (χ2v) is 2.98. The lowest BCUT2D eigenvalue weighted by Crippen LogP contribution is -2.44. The first-order valence-electron chi connectivity index (χ1n) is 4.33. The Labute approximate surface area is 76.4 Å². The van der Waals surface area contributed by atoms with Crippen LogP contribution in [0, 0.1) is 0 Å². The molecule has 0 amide bonds. The fourth-order valence-electron chi connectivity index (χ4n) is 1.34. The van der Waals surface area contributed by atoms with Crippen molar-refractivity contribution in [2.75, 3.05) is 31.1 Å². The summed E-state index contributed by atoms with van der Waals surface area (Å²) in [6.07, 6.45) is 2.84. The van der Waals surface area contributed by atoms with E-state index in [4.69, 9.17) is 5.11 Å². The fraction of sp³-hybridized carbons (Fsp3) is 0.500. The van der Waals surface area contributed by atoms with Gasteiger partial charge in [0, 0.05) is 26.2 Å². The van der Waals surface area contributed by atoms with Gasteiger partial charge < -0.3 is 15.3 Å². The minimum absolute atomic E-state index is 0.110. The van der Waals surface area contributed by atoms with E-state index >= 15 is 0 Å². The van der Waals surface area contributed by atoms with E-state index in [1.54, 1.807) is 0 Å². The topological polar surface area (TPSA) is 61.3 Å². The van der Waals surface area contributed by atoms with Crippen LogP contribution in [-0.4, -0.2) is 41.3 Å². The molecule has 5 heteroatoms. The smallest absolute Gasteiger partial charge is 0.225 e. The van der Waals surface area contributed by atoms with Crippen LogP contribution in [0.15, 0.2) is 12.4 Å². The summed E-state index contributed by atoms with van der Waals surface area (Å²) in [5.74, 6) is 0.804. The molecule has 70 valence electrons. The van der Waals surface area contributed by atoms with Crippen LogP contribution in [0.1, 0.15) is 0 Å². The zero-order valence-corrected chi connectivity index (χ0v) is 7.27. The SMILES string of the molecule is Oc1cnc(N2CCNCC2)nc1. The monoisotopic (exact) mass is 180 g/mol. The zero-order chi connectivity index (χ0) is 9.10. The molecular formula is C8H12N4O. The molecule has 0 unspecified atom stereocenters. The Balaban J connectivity index is 2.10. The highest BCUT2D eigenvalue weighted by Crippen LogP contribution is 2.10. The molecule has 1 aromatic heterocycles. The third-order valence-electron chi connectivity index (χ3n) is 2.02. The van der Waals surface area contributed by atoms with Gasteiger partial charge in [-0.1, -0.05) is 0 Å². The zero-order valence-electron chi connectivity index (χ0n) is 7.27. The highest BCUT2D eigenvalue weighted by Gasteiger charge is 2.11. The summed E-state index contributed by atoms with van der Waals surface area (Å²) in [5.41, 5.74) is 0. The molecule has 13 heavy (non-hydrogen) atoms. The third-order valence-corrected chi connectivity index (χ3v) is 2.02. The Morgan fingerprint density at radius 3 is 2.46 bits per heavy atom. The maximum atomic E-state index is 9.00. The maximum Gasteiger partial charge on any atom is 0.225 e.